The average Bonchev–Trinajstić information content (AvgIpc) is 2.25. The maximum atomic E-state index is 11.1. The molecule has 0 unspecified atom stereocenters. The molecule has 0 radical (unpaired) electrons. The summed E-state index contributed by atoms with van der Waals surface area (Å²) in [4.78, 5) is 16.1. The highest BCUT2D eigenvalue weighted by Gasteiger charge is 2.27. The number of nitrogens with two attached hydrogens (primary N) is 1. The highest BCUT2D eigenvalue weighted by molar-refractivity contribution is 6.30. The summed E-state index contributed by atoms with van der Waals surface area (Å²) in [7, 11) is 3.36. The molecule has 1 aromatic rings. The van der Waals surface area contributed by atoms with Crippen LogP contribution in [0, 0.1) is 15.5 Å². The van der Waals surface area contributed by atoms with E-state index in [1.807, 2.05) is 13.8 Å². The summed E-state index contributed by atoms with van der Waals surface area (Å²) in [5.41, 5.74) is 5.53. The van der Waals surface area contributed by atoms with Crippen LogP contribution in [0.25, 0.3) is 0 Å². The summed E-state index contributed by atoms with van der Waals surface area (Å²) in [6, 6.07) is 1.44. The predicted octanol–water partition coefficient (Wildman–Crippen LogP) is 2.33. The molecule has 0 amide bonds. The van der Waals surface area contributed by atoms with E-state index in [1.165, 1.54) is 6.07 Å². The van der Waals surface area contributed by atoms with Gasteiger partial charge in [0.2, 0.25) is 5.82 Å². The Hall–Kier alpha value is -1.60. The zero-order valence-corrected chi connectivity index (χ0v) is 12.8. The van der Waals surface area contributed by atoms with Crippen LogP contribution in [0.3, 0.4) is 0 Å². The fourth-order valence-electron chi connectivity index (χ4n) is 2.15. The Morgan fingerprint density at radius 1 is 1.60 bits per heavy atom. The van der Waals surface area contributed by atoms with Crippen LogP contribution in [-0.4, -0.2) is 37.2 Å². The Balaban J connectivity index is 3.15. The van der Waals surface area contributed by atoms with Gasteiger partial charge in [0.25, 0.3) is 0 Å². The van der Waals surface area contributed by atoms with Crippen LogP contribution in [0.15, 0.2) is 6.07 Å². The van der Waals surface area contributed by atoms with E-state index in [1.54, 1.807) is 19.1 Å². The van der Waals surface area contributed by atoms with Gasteiger partial charge in [0, 0.05) is 32.2 Å². The van der Waals surface area contributed by atoms with Crippen LogP contribution in [0.1, 0.15) is 13.8 Å². The number of hydrogen-bond donors (Lipinski definition) is 1. The summed E-state index contributed by atoms with van der Waals surface area (Å²) in [6.07, 6.45) is 0. The second-order valence-electron chi connectivity index (χ2n) is 5.41. The molecule has 0 saturated carbocycles. The largest absolute Gasteiger partial charge is 0.384 e. The van der Waals surface area contributed by atoms with Gasteiger partial charge in [0.1, 0.15) is 10.8 Å². The Labute approximate surface area is 122 Å². The van der Waals surface area contributed by atoms with Crippen molar-refractivity contribution in [1.29, 1.82) is 0 Å². The SMILES string of the molecule is COCC(C)(C)CN(C)c1cc(Cl)nc(N)c1[N+](=O)[O-]. The normalized spacial score (nSPS) is 11.4. The van der Waals surface area contributed by atoms with E-state index in [9.17, 15) is 10.1 Å². The predicted molar refractivity (Wildman–Crippen MR) is 79.2 cm³/mol. The van der Waals surface area contributed by atoms with E-state index in [0.29, 0.717) is 18.8 Å². The van der Waals surface area contributed by atoms with Gasteiger partial charge in [-0.05, 0) is 0 Å². The number of pyridine rings is 1. The van der Waals surface area contributed by atoms with Crippen molar-refractivity contribution in [3.05, 3.63) is 21.3 Å². The third-order valence-corrected chi connectivity index (χ3v) is 2.96. The van der Waals surface area contributed by atoms with Crippen molar-refractivity contribution in [2.75, 3.05) is 37.9 Å². The first-order valence-electron chi connectivity index (χ1n) is 5.98. The molecule has 0 aliphatic heterocycles. The fourth-order valence-corrected chi connectivity index (χ4v) is 2.35. The Bertz CT molecular complexity index is 508. The van der Waals surface area contributed by atoms with Gasteiger partial charge in [-0.1, -0.05) is 25.4 Å². The number of anilines is 2. The number of halogens is 1. The molecular formula is C12H19ClN4O3. The summed E-state index contributed by atoms with van der Waals surface area (Å²) in [5, 5.41) is 11.3. The second kappa shape index (κ2) is 6.23. The summed E-state index contributed by atoms with van der Waals surface area (Å²) in [6.45, 7) is 5.08. The number of nitrogen functional groups attached to an aromatic ring is 1. The lowest BCUT2D eigenvalue weighted by atomic mass is 9.94. The number of hydrogen-bond acceptors (Lipinski definition) is 6. The molecule has 0 aliphatic rings. The van der Waals surface area contributed by atoms with Crippen LogP contribution in [0.4, 0.5) is 17.2 Å². The minimum absolute atomic E-state index is 0.125. The first-order chi connectivity index (χ1) is 9.18. The lowest BCUT2D eigenvalue weighted by Crippen LogP contribution is -2.35. The third kappa shape index (κ3) is 3.94. The van der Waals surface area contributed by atoms with Crippen molar-refractivity contribution in [2.24, 2.45) is 5.41 Å². The van der Waals surface area contributed by atoms with Crippen LogP contribution in [0.5, 0.6) is 0 Å². The summed E-state index contributed by atoms with van der Waals surface area (Å²) in [5.74, 6) is -0.186. The van der Waals surface area contributed by atoms with Crippen molar-refractivity contribution >= 4 is 28.8 Å². The van der Waals surface area contributed by atoms with Crippen molar-refractivity contribution in [2.45, 2.75) is 13.8 Å². The standard InChI is InChI=1S/C12H19ClN4O3/c1-12(2,7-20-4)6-16(3)8-5-9(13)15-11(14)10(8)17(18)19/h5H,6-7H2,1-4H3,(H2,14,15). The molecule has 0 spiro atoms. The molecule has 1 aromatic heterocycles. The van der Waals surface area contributed by atoms with Gasteiger partial charge in [-0.3, -0.25) is 10.1 Å². The molecule has 1 rings (SSSR count). The molecule has 1 heterocycles. The molecule has 0 saturated heterocycles. The summed E-state index contributed by atoms with van der Waals surface area (Å²) < 4.78 is 5.14. The monoisotopic (exact) mass is 302 g/mol. The van der Waals surface area contributed by atoms with Crippen LogP contribution in [-0.2, 0) is 4.74 Å². The molecular weight excluding hydrogens is 284 g/mol. The molecule has 0 aliphatic carbocycles. The van der Waals surface area contributed by atoms with Crippen LogP contribution >= 0.6 is 11.6 Å². The Morgan fingerprint density at radius 3 is 2.70 bits per heavy atom. The molecule has 2 N–H and O–H groups in total. The molecule has 0 fully saturated rings. The van der Waals surface area contributed by atoms with Crippen molar-refractivity contribution < 1.29 is 9.66 Å². The van der Waals surface area contributed by atoms with Gasteiger partial charge < -0.3 is 15.4 Å². The Kier molecular flexibility index (Phi) is 5.13. The van der Waals surface area contributed by atoms with Crippen LogP contribution in [0.2, 0.25) is 5.15 Å². The first kappa shape index (κ1) is 16.5. The molecule has 8 heteroatoms. The van der Waals surface area contributed by atoms with Crippen molar-refractivity contribution in [1.82, 2.24) is 4.98 Å². The first-order valence-corrected chi connectivity index (χ1v) is 6.36. The minimum Gasteiger partial charge on any atom is -0.384 e. The lowest BCUT2D eigenvalue weighted by Gasteiger charge is -2.30. The highest BCUT2D eigenvalue weighted by atomic mass is 35.5. The molecule has 0 aromatic carbocycles. The quantitative estimate of drug-likeness (QED) is 0.492. The highest BCUT2D eigenvalue weighted by Crippen LogP contribution is 2.35. The number of ether oxygens (including phenoxy) is 1. The molecule has 112 valence electrons. The van der Waals surface area contributed by atoms with E-state index < -0.39 is 4.92 Å². The zero-order valence-electron chi connectivity index (χ0n) is 12.0. The maximum absolute atomic E-state index is 11.1. The number of aromatic nitrogens is 1. The average molecular weight is 303 g/mol. The number of methoxy groups -OCH3 is 1. The fraction of sp³-hybridized carbons (Fsp3) is 0.583. The van der Waals surface area contributed by atoms with E-state index >= 15 is 0 Å². The van der Waals surface area contributed by atoms with E-state index in [-0.39, 0.29) is 22.1 Å². The lowest BCUT2D eigenvalue weighted by molar-refractivity contribution is -0.383. The topological polar surface area (TPSA) is 94.5 Å². The van der Waals surface area contributed by atoms with Crippen LogP contribution < -0.4 is 10.6 Å². The molecule has 0 atom stereocenters. The van der Waals surface area contributed by atoms with Gasteiger partial charge in [0.05, 0.1) is 11.5 Å². The van der Waals surface area contributed by atoms with Gasteiger partial charge in [-0.2, -0.15) is 0 Å². The smallest absolute Gasteiger partial charge is 0.334 e. The third-order valence-electron chi connectivity index (χ3n) is 2.76. The molecule has 0 bridgehead atoms. The number of nitro groups is 1. The van der Waals surface area contributed by atoms with Crippen molar-refractivity contribution in [3.63, 3.8) is 0 Å². The summed E-state index contributed by atoms with van der Waals surface area (Å²) >= 11 is 5.84. The Morgan fingerprint density at radius 2 is 2.20 bits per heavy atom. The number of rotatable bonds is 6. The van der Waals surface area contributed by atoms with Crippen molar-refractivity contribution in [3.8, 4) is 0 Å². The van der Waals surface area contributed by atoms with Gasteiger partial charge >= 0.3 is 5.69 Å². The van der Waals surface area contributed by atoms with Gasteiger partial charge in [-0.25, -0.2) is 4.98 Å². The minimum atomic E-state index is -0.548. The molecule has 7 nitrogen and oxygen atoms in total. The molecule has 20 heavy (non-hydrogen) atoms. The van der Waals surface area contributed by atoms with E-state index in [2.05, 4.69) is 4.98 Å². The van der Waals surface area contributed by atoms with E-state index in [4.69, 9.17) is 22.1 Å². The van der Waals surface area contributed by atoms with Gasteiger partial charge in [0.15, 0.2) is 0 Å². The second-order valence-corrected chi connectivity index (χ2v) is 5.80. The van der Waals surface area contributed by atoms with Gasteiger partial charge in [-0.15, -0.1) is 0 Å². The number of nitrogens with zero attached hydrogens (tertiary/aromatic N) is 3. The maximum Gasteiger partial charge on any atom is 0.334 e. The van der Waals surface area contributed by atoms with E-state index in [0.717, 1.165) is 0 Å². The zero-order chi connectivity index (χ0) is 15.5.